The van der Waals surface area contributed by atoms with Gasteiger partial charge in [-0.1, -0.05) is 41.8 Å². The number of rotatable bonds is 5. The Balaban J connectivity index is 0.00000185. The van der Waals surface area contributed by atoms with Gasteiger partial charge in [0.15, 0.2) is 16.2 Å². The summed E-state index contributed by atoms with van der Waals surface area (Å²) in [4.78, 5) is 4.32. The van der Waals surface area contributed by atoms with E-state index in [1.54, 1.807) is 4.57 Å². The van der Waals surface area contributed by atoms with Crippen LogP contribution in [-0.2, 0) is 10.1 Å². The van der Waals surface area contributed by atoms with Crippen LogP contribution in [0.3, 0.4) is 0 Å². The molecule has 1 aromatic heterocycles. The van der Waals surface area contributed by atoms with Crippen LogP contribution in [0.2, 0.25) is 0 Å². The van der Waals surface area contributed by atoms with Crippen LogP contribution in [0, 0.1) is 6.07 Å². The third-order valence-corrected chi connectivity index (χ3v) is 7.28. The van der Waals surface area contributed by atoms with Gasteiger partial charge in [0.1, 0.15) is 15.6 Å². The van der Waals surface area contributed by atoms with Gasteiger partial charge in [-0.2, -0.15) is 0 Å². The number of nitrogens with one attached hydrogen (secondary N) is 1. The van der Waals surface area contributed by atoms with E-state index in [-0.39, 0.29) is 81.6 Å². The Bertz CT molecular complexity index is 1970. The number of hydrogen-bond donors (Lipinski definition) is 2. The minimum Gasteiger partial charge on any atom is -0.744 e. The van der Waals surface area contributed by atoms with Crippen LogP contribution in [-0.4, -0.2) is 25.1 Å². The monoisotopic (exact) mass is 567 g/mol. The number of nitrogen functional groups attached to an aromatic ring is 1. The molecule has 0 saturated carbocycles. The van der Waals surface area contributed by atoms with Crippen molar-refractivity contribution < 1.29 is 81.4 Å². The number of ether oxygens (including phenoxy) is 1. The normalized spacial score (nSPS) is 11.2. The number of fused-ring (bicyclic) bond motifs is 4. The van der Waals surface area contributed by atoms with Gasteiger partial charge < -0.3 is 20.3 Å². The third kappa shape index (κ3) is 5.32. The molecule has 6 aromatic rings. The van der Waals surface area contributed by atoms with Crippen LogP contribution in [0.5, 0.6) is 5.75 Å². The largest absolute Gasteiger partial charge is 1.00 e. The number of aromatic nitrogens is 2. The van der Waals surface area contributed by atoms with E-state index in [1.165, 1.54) is 13.2 Å². The van der Waals surface area contributed by atoms with E-state index in [9.17, 15) is 13.0 Å². The Labute approximate surface area is 275 Å². The molecule has 1 heterocycles. The molecule has 8 nitrogen and oxygen atoms in total. The Morgan fingerprint density at radius 2 is 1.62 bits per heavy atom. The summed E-state index contributed by atoms with van der Waals surface area (Å²) in [6.07, 6.45) is 0. The van der Waals surface area contributed by atoms with Crippen molar-refractivity contribution in [1.29, 1.82) is 0 Å². The van der Waals surface area contributed by atoms with Crippen molar-refractivity contribution in [2.45, 2.75) is 4.90 Å². The summed E-state index contributed by atoms with van der Waals surface area (Å²) < 4.78 is 45.0. The zero-order chi connectivity index (χ0) is 26.4. The number of methoxy groups -OCH3 is 1. The average Bonchev–Trinajstić information content (AvgIpc) is 2.92. The fourth-order valence-corrected chi connectivity index (χ4v) is 5.56. The summed E-state index contributed by atoms with van der Waals surface area (Å²) in [6.45, 7) is 0. The first kappa shape index (κ1) is 30.2. The maximum atomic E-state index is 12.6. The summed E-state index contributed by atoms with van der Waals surface area (Å²) in [5.41, 5.74) is 9.51. The molecule has 0 fully saturated rings. The fraction of sp³-hybridized carbons (Fsp3) is 0.0345. The van der Waals surface area contributed by atoms with E-state index < -0.39 is 15.0 Å². The van der Waals surface area contributed by atoms with Gasteiger partial charge in [-0.25, -0.2) is 13.4 Å². The Morgan fingerprint density at radius 1 is 0.950 bits per heavy atom. The number of para-hydroxylation sites is 2. The van der Waals surface area contributed by atoms with Crippen molar-refractivity contribution in [2.24, 2.45) is 0 Å². The fourth-order valence-electron chi connectivity index (χ4n) is 4.78. The van der Waals surface area contributed by atoms with Crippen molar-refractivity contribution in [3.05, 3.63) is 97.1 Å². The molecule has 0 saturated heterocycles. The third-order valence-electron chi connectivity index (χ3n) is 6.35. The topological polar surface area (TPSA) is 121 Å². The number of nitrogens with zero attached hydrogens (tertiary/aromatic N) is 2. The molecule has 11 heteroatoms. The molecule has 5 aromatic carbocycles. The maximum absolute atomic E-state index is 12.6. The van der Waals surface area contributed by atoms with Gasteiger partial charge in [0.25, 0.3) is 5.52 Å². The maximum Gasteiger partial charge on any atom is 1.00 e. The van der Waals surface area contributed by atoms with E-state index >= 15 is 0 Å². The molecule has 0 aliphatic rings. The van der Waals surface area contributed by atoms with Crippen LogP contribution in [0.15, 0.2) is 95.9 Å². The second-order valence-electron chi connectivity index (χ2n) is 8.67. The minimum atomic E-state index is -5.00. The predicted octanol–water partition coefficient (Wildman–Crippen LogP) is -1.14. The predicted molar refractivity (Wildman–Crippen MR) is 146 cm³/mol. The molecule has 0 atom stereocenters. The van der Waals surface area contributed by atoms with Gasteiger partial charge in [0.05, 0.1) is 12.8 Å². The molecule has 0 unspecified atom stereocenters. The molecule has 40 heavy (non-hydrogen) atoms. The van der Waals surface area contributed by atoms with Crippen LogP contribution >= 0.6 is 0 Å². The number of nitrogens with two attached hydrogens (primary N) is 1. The Hall–Kier alpha value is -2.73. The summed E-state index contributed by atoms with van der Waals surface area (Å²) >= 11 is 0. The standard InChI is InChI=1S/C29H21N4O4S.2Na/c1-37-25-16-22(30)29(38(34,35)36)28-27(25)32-26-21-15-9-8-14-20(21)23(31-18-10-4-2-5-11-18)17-24(26)33(28)19-12-6-3-7-13-19;;/h2-13,15-17H,1H3,(H3,30,31,34,35,36);;/q-1;2*+1. The SMILES string of the molecule is COc1cc(N)c(S(=O)(=O)[O-])c2c1nc1c3ccc[c-]c3c(Nc3ccccc3)cc1[n+]2-c1ccccc1.[Na+].[Na+]. The van der Waals surface area contributed by atoms with Crippen LogP contribution in [0.4, 0.5) is 17.1 Å². The van der Waals surface area contributed by atoms with Crippen molar-refractivity contribution in [3.63, 3.8) is 0 Å². The van der Waals surface area contributed by atoms with Crippen LogP contribution < -0.4 is 79.5 Å². The van der Waals surface area contributed by atoms with E-state index in [0.29, 0.717) is 16.7 Å². The van der Waals surface area contributed by atoms with Gasteiger partial charge >= 0.3 is 59.1 Å². The summed E-state index contributed by atoms with van der Waals surface area (Å²) in [7, 11) is -3.56. The number of hydrogen-bond acceptors (Lipinski definition) is 7. The molecular weight excluding hydrogens is 546 g/mol. The smallest absolute Gasteiger partial charge is 0.744 e. The van der Waals surface area contributed by atoms with Gasteiger partial charge in [-0.05, 0) is 23.9 Å². The average molecular weight is 568 g/mol. The quantitative estimate of drug-likeness (QED) is 0.0514. The van der Waals surface area contributed by atoms with E-state index in [0.717, 1.165) is 22.1 Å². The first-order valence-corrected chi connectivity index (χ1v) is 13.1. The molecule has 3 N–H and O–H groups in total. The molecule has 0 spiro atoms. The first-order valence-electron chi connectivity index (χ1n) is 11.7. The molecule has 0 aliphatic carbocycles. The first-order chi connectivity index (χ1) is 18.4. The van der Waals surface area contributed by atoms with Crippen molar-refractivity contribution in [2.75, 3.05) is 18.2 Å². The Kier molecular flexibility index (Phi) is 9.08. The second kappa shape index (κ2) is 12.0. The zero-order valence-corrected chi connectivity index (χ0v) is 27.0. The van der Waals surface area contributed by atoms with Crippen LogP contribution in [0.1, 0.15) is 0 Å². The van der Waals surface area contributed by atoms with E-state index in [4.69, 9.17) is 15.5 Å². The molecule has 0 amide bonds. The van der Waals surface area contributed by atoms with Crippen molar-refractivity contribution >= 4 is 60.0 Å². The molecule has 0 bridgehead atoms. The second-order valence-corrected chi connectivity index (χ2v) is 9.99. The van der Waals surface area contributed by atoms with Crippen molar-refractivity contribution in [1.82, 2.24) is 4.98 Å². The molecule has 188 valence electrons. The van der Waals surface area contributed by atoms with Gasteiger partial charge in [0.2, 0.25) is 11.2 Å². The summed E-state index contributed by atoms with van der Waals surface area (Å²) in [5, 5.41) is 5.01. The van der Waals surface area contributed by atoms with E-state index in [1.807, 2.05) is 84.9 Å². The number of anilines is 3. The minimum absolute atomic E-state index is 0. The number of benzene rings is 5. The van der Waals surface area contributed by atoms with Gasteiger partial charge in [-0.15, -0.1) is 34.2 Å². The van der Waals surface area contributed by atoms with Crippen molar-refractivity contribution in [3.8, 4) is 11.4 Å². The molecule has 0 aliphatic heterocycles. The summed E-state index contributed by atoms with van der Waals surface area (Å²) in [6, 6.07) is 30.9. The van der Waals surface area contributed by atoms with Gasteiger partial charge in [-0.3, -0.25) is 0 Å². The van der Waals surface area contributed by atoms with E-state index in [2.05, 4.69) is 11.4 Å². The zero-order valence-electron chi connectivity index (χ0n) is 22.2. The molecule has 6 rings (SSSR count). The molecular formula is C29H21N4Na2O4S+. The Morgan fingerprint density at radius 3 is 2.27 bits per heavy atom. The van der Waals surface area contributed by atoms with Crippen LogP contribution in [0.25, 0.3) is 38.5 Å². The van der Waals surface area contributed by atoms with Gasteiger partial charge in [0, 0.05) is 23.9 Å². The molecule has 0 radical (unpaired) electrons. The summed E-state index contributed by atoms with van der Waals surface area (Å²) in [5.74, 6) is 0.246.